The van der Waals surface area contributed by atoms with Gasteiger partial charge in [-0.25, -0.2) is 0 Å². The Labute approximate surface area is 130 Å². The number of halogens is 3. The van der Waals surface area contributed by atoms with Crippen molar-refractivity contribution in [3.8, 4) is 0 Å². The molecule has 1 aromatic heterocycles. The molecule has 2 heterocycles. The summed E-state index contributed by atoms with van der Waals surface area (Å²) in [7, 11) is 0. The van der Waals surface area contributed by atoms with Gasteiger partial charge in [-0.1, -0.05) is 6.07 Å². The zero-order chi connectivity index (χ0) is 16.4. The molecule has 0 bridgehead atoms. The van der Waals surface area contributed by atoms with Crippen LogP contribution in [0, 0.1) is 0 Å². The summed E-state index contributed by atoms with van der Waals surface area (Å²) in [6.45, 7) is 0.676. The molecular formula is C15H15F3N4O. The third-order valence-corrected chi connectivity index (χ3v) is 3.92. The standard InChI is InChI=1S/C15H15F3N4O/c16-15(17,18)11-3-1-2-10(8-11)14(23)20-12-4-5-13-21-19-9-22(13)7-6-12/h1-3,8-9,12H,4-7H2,(H,20,23). The van der Waals surface area contributed by atoms with Gasteiger partial charge < -0.3 is 9.88 Å². The molecule has 23 heavy (non-hydrogen) atoms. The molecule has 0 fully saturated rings. The number of fused-ring (bicyclic) bond motifs is 1. The van der Waals surface area contributed by atoms with E-state index in [-0.39, 0.29) is 11.6 Å². The lowest BCUT2D eigenvalue weighted by atomic mass is 10.1. The molecule has 1 N–H and O–H groups in total. The van der Waals surface area contributed by atoms with Gasteiger partial charge in [-0.2, -0.15) is 13.2 Å². The van der Waals surface area contributed by atoms with E-state index in [0.717, 1.165) is 18.0 Å². The Hall–Kier alpha value is -2.38. The molecule has 0 spiro atoms. The lowest BCUT2D eigenvalue weighted by molar-refractivity contribution is -0.137. The van der Waals surface area contributed by atoms with Crippen molar-refractivity contribution in [1.29, 1.82) is 0 Å². The molecule has 3 rings (SSSR count). The highest BCUT2D eigenvalue weighted by Gasteiger charge is 2.31. The lowest BCUT2D eigenvalue weighted by Gasteiger charge is -2.16. The average molecular weight is 324 g/mol. The summed E-state index contributed by atoms with van der Waals surface area (Å²) in [4.78, 5) is 12.2. The topological polar surface area (TPSA) is 59.8 Å². The molecule has 122 valence electrons. The first kappa shape index (κ1) is 15.5. The number of nitrogens with zero attached hydrogens (tertiary/aromatic N) is 3. The number of benzene rings is 1. The molecule has 0 saturated heterocycles. The SMILES string of the molecule is O=C(NC1CCc2nncn2CC1)c1cccc(C(F)(F)F)c1. The number of aryl methyl sites for hydroxylation is 2. The van der Waals surface area contributed by atoms with Gasteiger partial charge in [-0.15, -0.1) is 10.2 Å². The number of hydrogen-bond donors (Lipinski definition) is 1. The van der Waals surface area contributed by atoms with Crippen LogP contribution in [-0.2, 0) is 19.1 Å². The minimum Gasteiger partial charge on any atom is -0.349 e. The van der Waals surface area contributed by atoms with E-state index in [0.29, 0.717) is 25.8 Å². The maximum atomic E-state index is 12.7. The van der Waals surface area contributed by atoms with Crippen LogP contribution in [0.2, 0.25) is 0 Å². The van der Waals surface area contributed by atoms with Gasteiger partial charge in [0.2, 0.25) is 0 Å². The number of amides is 1. The van der Waals surface area contributed by atoms with E-state index in [4.69, 9.17) is 0 Å². The molecular weight excluding hydrogens is 309 g/mol. The zero-order valence-corrected chi connectivity index (χ0v) is 12.2. The smallest absolute Gasteiger partial charge is 0.349 e. The Balaban J connectivity index is 1.67. The van der Waals surface area contributed by atoms with E-state index >= 15 is 0 Å². The highest BCUT2D eigenvalue weighted by atomic mass is 19.4. The summed E-state index contributed by atoms with van der Waals surface area (Å²) in [5, 5.41) is 10.6. The van der Waals surface area contributed by atoms with Crippen LogP contribution in [0.15, 0.2) is 30.6 Å². The quantitative estimate of drug-likeness (QED) is 0.923. The van der Waals surface area contributed by atoms with Crippen molar-refractivity contribution in [3.63, 3.8) is 0 Å². The van der Waals surface area contributed by atoms with Crippen molar-refractivity contribution in [1.82, 2.24) is 20.1 Å². The first-order chi connectivity index (χ1) is 10.9. The highest BCUT2D eigenvalue weighted by Crippen LogP contribution is 2.29. The van der Waals surface area contributed by atoms with Crippen LogP contribution in [0.4, 0.5) is 13.2 Å². The Morgan fingerprint density at radius 1 is 1.30 bits per heavy atom. The molecule has 1 aliphatic heterocycles. The van der Waals surface area contributed by atoms with Gasteiger partial charge in [0.1, 0.15) is 12.2 Å². The van der Waals surface area contributed by atoms with E-state index < -0.39 is 17.6 Å². The number of carbonyl (C=O) groups excluding carboxylic acids is 1. The highest BCUT2D eigenvalue weighted by molar-refractivity contribution is 5.94. The van der Waals surface area contributed by atoms with Gasteiger partial charge in [0, 0.05) is 24.6 Å². The fourth-order valence-electron chi connectivity index (χ4n) is 2.65. The Morgan fingerprint density at radius 3 is 2.91 bits per heavy atom. The monoisotopic (exact) mass is 324 g/mol. The Morgan fingerprint density at radius 2 is 2.13 bits per heavy atom. The largest absolute Gasteiger partial charge is 0.416 e. The van der Waals surface area contributed by atoms with E-state index in [1.54, 1.807) is 6.33 Å². The van der Waals surface area contributed by atoms with Crippen LogP contribution in [0.1, 0.15) is 34.6 Å². The van der Waals surface area contributed by atoms with Crippen LogP contribution in [0.25, 0.3) is 0 Å². The summed E-state index contributed by atoms with van der Waals surface area (Å²) in [6.07, 6.45) is -0.764. The molecule has 2 aromatic rings. The normalized spacial score (nSPS) is 18.1. The summed E-state index contributed by atoms with van der Waals surface area (Å²) in [5.41, 5.74) is -0.805. The zero-order valence-electron chi connectivity index (χ0n) is 12.2. The Kier molecular flexibility index (Phi) is 4.06. The van der Waals surface area contributed by atoms with Crippen LogP contribution >= 0.6 is 0 Å². The first-order valence-corrected chi connectivity index (χ1v) is 7.28. The molecule has 1 atom stereocenters. The number of hydrogen-bond acceptors (Lipinski definition) is 3. The molecule has 1 aromatic carbocycles. The van der Waals surface area contributed by atoms with Crippen molar-refractivity contribution in [2.24, 2.45) is 0 Å². The van der Waals surface area contributed by atoms with Gasteiger partial charge in [0.25, 0.3) is 5.91 Å². The van der Waals surface area contributed by atoms with Gasteiger partial charge in [-0.05, 0) is 31.0 Å². The van der Waals surface area contributed by atoms with Crippen molar-refractivity contribution in [2.75, 3.05) is 0 Å². The number of aromatic nitrogens is 3. The average Bonchev–Trinajstić information content (AvgIpc) is 2.88. The molecule has 1 unspecified atom stereocenters. The van der Waals surface area contributed by atoms with Crippen molar-refractivity contribution < 1.29 is 18.0 Å². The molecule has 0 aliphatic carbocycles. The predicted molar refractivity (Wildman–Crippen MR) is 75.7 cm³/mol. The summed E-state index contributed by atoms with van der Waals surface area (Å²) >= 11 is 0. The van der Waals surface area contributed by atoms with Gasteiger partial charge >= 0.3 is 6.18 Å². The van der Waals surface area contributed by atoms with Crippen molar-refractivity contribution in [3.05, 3.63) is 47.5 Å². The molecule has 8 heteroatoms. The van der Waals surface area contributed by atoms with E-state index in [9.17, 15) is 18.0 Å². The predicted octanol–water partition coefficient (Wildman–Crippen LogP) is 2.43. The van der Waals surface area contributed by atoms with Crippen molar-refractivity contribution >= 4 is 5.91 Å². The second-order valence-corrected chi connectivity index (χ2v) is 5.52. The molecule has 0 radical (unpaired) electrons. The van der Waals surface area contributed by atoms with Crippen LogP contribution in [0.3, 0.4) is 0 Å². The number of nitrogens with one attached hydrogen (secondary N) is 1. The summed E-state index contributed by atoms with van der Waals surface area (Å²) in [5.74, 6) is 0.375. The van der Waals surface area contributed by atoms with E-state index in [1.807, 2.05) is 4.57 Å². The maximum Gasteiger partial charge on any atom is 0.416 e. The summed E-state index contributed by atoms with van der Waals surface area (Å²) < 4.78 is 40.1. The van der Waals surface area contributed by atoms with Crippen LogP contribution in [0.5, 0.6) is 0 Å². The van der Waals surface area contributed by atoms with Gasteiger partial charge in [0.15, 0.2) is 0 Å². The maximum absolute atomic E-state index is 12.7. The third-order valence-electron chi connectivity index (χ3n) is 3.92. The van der Waals surface area contributed by atoms with Gasteiger partial charge in [-0.3, -0.25) is 4.79 Å². The first-order valence-electron chi connectivity index (χ1n) is 7.28. The second-order valence-electron chi connectivity index (χ2n) is 5.52. The fraction of sp³-hybridized carbons (Fsp3) is 0.400. The minimum atomic E-state index is -4.46. The lowest BCUT2D eigenvalue weighted by Crippen LogP contribution is -2.35. The van der Waals surface area contributed by atoms with Crippen LogP contribution < -0.4 is 5.32 Å². The second kappa shape index (κ2) is 6.02. The van der Waals surface area contributed by atoms with E-state index in [2.05, 4.69) is 15.5 Å². The van der Waals surface area contributed by atoms with Gasteiger partial charge in [0.05, 0.1) is 5.56 Å². The molecule has 1 amide bonds. The fourth-order valence-corrected chi connectivity index (χ4v) is 2.65. The van der Waals surface area contributed by atoms with Crippen molar-refractivity contribution in [2.45, 2.75) is 38.0 Å². The molecule has 0 saturated carbocycles. The van der Waals surface area contributed by atoms with Crippen LogP contribution in [-0.4, -0.2) is 26.7 Å². The summed E-state index contributed by atoms with van der Waals surface area (Å²) in [6, 6.07) is 4.36. The van der Waals surface area contributed by atoms with E-state index in [1.165, 1.54) is 12.1 Å². The minimum absolute atomic E-state index is 0.0171. The number of rotatable bonds is 2. The Bertz CT molecular complexity index is 688. The molecule has 5 nitrogen and oxygen atoms in total. The molecule has 1 aliphatic rings. The number of carbonyl (C=O) groups is 1. The number of alkyl halides is 3. The third kappa shape index (κ3) is 3.52.